The zero-order chi connectivity index (χ0) is 21.3. The van der Waals surface area contributed by atoms with Crippen LogP contribution in [0.25, 0.3) is 11.0 Å². The predicted molar refractivity (Wildman–Crippen MR) is 110 cm³/mol. The number of fused-ring (bicyclic) bond motifs is 1. The van der Waals surface area contributed by atoms with Gasteiger partial charge in [0.05, 0.1) is 17.5 Å². The highest BCUT2D eigenvalue weighted by Crippen LogP contribution is 2.26. The third-order valence-corrected chi connectivity index (χ3v) is 8.16. The molecule has 158 valence electrons. The van der Waals surface area contributed by atoms with E-state index >= 15 is 0 Å². The first-order chi connectivity index (χ1) is 14.4. The van der Waals surface area contributed by atoms with Crippen LogP contribution in [0.2, 0.25) is 0 Å². The van der Waals surface area contributed by atoms with Crippen molar-refractivity contribution in [2.45, 2.75) is 9.79 Å². The first-order valence-electron chi connectivity index (χ1n) is 8.93. The van der Waals surface area contributed by atoms with Gasteiger partial charge in [0.1, 0.15) is 15.9 Å². The van der Waals surface area contributed by atoms with E-state index in [0.29, 0.717) is 15.9 Å². The lowest BCUT2D eigenvalue weighted by Gasteiger charge is -2.34. The maximum absolute atomic E-state index is 13.3. The topological polar surface area (TPSA) is 83.5 Å². The Morgan fingerprint density at radius 2 is 1.83 bits per heavy atom. The molecule has 0 radical (unpaired) electrons. The molecule has 12 heteroatoms. The van der Waals surface area contributed by atoms with Crippen molar-refractivity contribution in [2.75, 3.05) is 31.9 Å². The van der Waals surface area contributed by atoms with E-state index in [1.165, 1.54) is 16.4 Å². The van der Waals surface area contributed by atoms with E-state index in [0.717, 1.165) is 35.6 Å². The molecule has 1 aromatic heterocycles. The van der Waals surface area contributed by atoms with Crippen LogP contribution in [-0.2, 0) is 14.8 Å². The Hall–Kier alpha value is -2.15. The van der Waals surface area contributed by atoms with E-state index in [1.54, 1.807) is 17.0 Å². The van der Waals surface area contributed by atoms with E-state index in [2.05, 4.69) is 8.75 Å². The summed E-state index contributed by atoms with van der Waals surface area (Å²) in [5.74, 6) is -2.03. The minimum Gasteiger partial charge on any atom is -0.339 e. The van der Waals surface area contributed by atoms with Crippen molar-refractivity contribution >= 4 is 50.5 Å². The standard InChI is InChI=1S/C18H16F2N4O3S3/c19-13-5-4-12(10-14(13)20)28-11-17(25)23-6-8-24(9-7-23)30(26,27)16-3-1-2-15-18(16)22-29-21-15/h1-5,10H,6-9,11H2. The van der Waals surface area contributed by atoms with E-state index in [-0.39, 0.29) is 42.7 Å². The van der Waals surface area contributed by atoms with E-state index in [1.807, 2.05) is 0 Å². The molecular weight excluding hydrogens is 454 g/mol. The third-order valence-electron chi connectivity index (χ3n) is 4.71. The second kappa shape index (κ2) is 8.53. The molecule has 2 heterocycles. The summed E-state index contributed by atoms with van der Waals surface area (Å²) < 4.78 is 61.9. The first-order valence-corrected chi connectivity index (χ1v) is 12.1. The Kier molecular flexibility index (Phi) is 6.00. The molecule has 0 N–H and O–H groups in total. The molecule has 1 aliphatic heterocycles. The monoisotopic (exact) mass is 470 g/mol. The summed E-state index contributed by atoms with van der Waals surface area (Å²) in [4.78, 5) is 14.6. The summed E-state index contributed by atoms with van der Waals surface area (Å²) in [6.07, 6.45) is 0. The van der Waals surface area contributed by atoms with Crippen molar-refractivity contribution in [3.63, 3.8) is 0 Å². The normalized spacial score (nSPS) is 15.6. The molecule has 1 saturated heterocycles. The molecule has 1 amide bonds. The van der Waals surface area contributed by atoms with Crippen LogP contribution in [0.3, 0.4) is 0 Å². The average Bonchev–Trinajstić information content (AvgIpc) is 3.23. The number of thioether (sulfide) groups is 1. The third kappa shape index (κ3) is 4.17. The van der Waals surface area contributed by atoms with Crippen molar-refractivity contribution in [3.05, 3.63) is 48.0 Å². The molecule has 1 fully saturated rings. The van der Waals surface area contributed by atoms with Crippen molar-refractivity contribution in [3.8, 4) is 0 Å². The molecule has 1 aliphatic rings. The van der Waals surface area contributed by atoms with Gasteiger partial charge in [-0.15, -0.1) is 11.8 Å². The quantitative estimate of drug-likeness (QED) is 0.533. The van der Waals surface area contributed by atoms with Crippen LogP contribution in [0.1, 0.15) is 0 Å². The maximum Gasteiger partial charge on any atom is 0.245 e. The summed E-state index contributed by atoms with van der Waals surface area (Å²) in [5, 5.41) is 0. The molecule has 0 aliphatic carbocycles. The number of halogens is 2. The van der Waals surface area contributed by atoms with Gasteiger partial charge >= 0.3 is 0 Å². The number of aromatic nitrogens is 2. The molecule has 0 saturated carbocycles. The van der Waals surface area contributed by atoms with E-state index in [9.17, 15) is 22.0 Å². The zero-order valence-electron chi connectivity index (χ0n) is 15.5. The molecule has 0 unspecified atom stereocenters. The molecule has 30 heavy (non-hydrogen) atoms. The Morgan fingerprint density at radius 3 is 2.57 bits per heavy atom. The van der Waals surface area contributed by atoms with Crippen molar-refractivity contribution in [1.29, 1.82) is 0 Å². The number of benzene rings is 2. The van der Waals surface area contributed by atoms with Crippen LogP contribution in [0.4, 0.5) is 8.78 Å². The molecule has 4 rings (SSSR count). The van der Waals surface area contributed by atoms with Gasteiger partial charge in [-0.05, 0) is 30.3 Å². The highest BCUT2D eigenvalue weighted by Gasteiger charge is 2.31. The van der Waals surface area contributed by atoms with E-state index in [4.69, 9.17) is 0 Å². The largest absolute Gasteiger partial charge is 0.339 e. The summed E-state index contributed by atoms with van der Waals surface area (Å²) in [5.41, 5.74) is 0.882. The Bertz CT molecular complexity index is 1190. The lowest BCUT2D eigenvalue weighted by Crippen LogP contribution is -2.51. The number of sulfonamides is 1. The van der Waals surface area contributed by atoms with Gasteiger partial charge in [-0.1, -0.05) is 6.07 Å². The molecule has 0 spiro atoms. The number of hydrogen-bond donors (Lipinski definition) is 0. The van der Waals surface area contributed by atoms with Gasteiger partial charge in [-0.2, -0.15) is 13.1 Å². The number of nitrogens with zero attached hydrogens (tertiary/aromatic N) is 4. The number of carbonyl (C=O) groups is 1. The van der Waals surface area contributed by atoms with Crippen LogP contribution in [-0.4, -0.2) is 64.2 Å². The van der Waals surface area contributed by atoms with Crippen LogP contribution >= 0.6 is 23.5 Å². The van der Waals surface area contributed by atoms with Gasteiger partial charge in [-0.3, -0.25) is 4.79 Å². The van der Waals surface area contributed by atoms with Crippen molar-refractivity contribution in [1.82, 2.24) is 18.0 Å². The number of hydrogen-bond acceptors (Lipinski definition) is 7. The lowest BCUT2D eigenvalue weighted by molar-refractivity contribution is -0.129. The van der Waals surface area contributed by atoms with Crippen molar-refractivity contribution < 1.29 is 22.0 Å². The van der Waals surface area contributed by atoms with E-state index < -0.39 is 21.7 Å². The second-order valence-electron chi connectivity index (χ2n) is 6.54. The highest BCUT2D eigenvalue weighted by molar-refractivity contribution is 8.00. The Morgan fingerprint density at radius 1 is 1.07 bits per heavy atom. The molecule has 0 bridgehead atoms. The number of piperazine rings is 1. The maximum atomic E-state index is 13.3. The summed E-state index contributed by atoms with van der Waals surface area (Å²) in [6.45, 7) is 0.832. The van der Waals surface area contributed by atoms with Crippen LogP contribution in [0, 0.1) is 11.6 Å². The Labute approximate surface area is 180 Å². The summed E-state index contributed by atoms with van der Waals surface area (Å²) >= 11 is 2.06. The van der Waals surface area contributed by atoms with Gasteiger partial charge in [0.25, 0.3) is 0 Å². The fourth-order valence-corrected chi connectivity index (χ4v) is 6.11. The SMILES string of the molecule is O=C(CSc1ccc(F)c(F)c1)N1CCN(S(=O)(=O)c2cccc3nsnc23)CC1. The van der Waals surface area contributed by atoms with Gasteiger partial charge in [0, 0.05) is 31.1 Å². The smallest absolute Gasteiger partial charge is 0.245 e. The minimum absolute atomic E-state index is 0.0572. The van der Waals surface area contributed by atoms with Crippen molar-refractivity contribution in [2.24, 2.45) is 0 Å². The minimum atomic E-state index is -3.75. The van der Waals surface area contributed by atoms with Gasteiger partial charge in [0.2, 0.25) is 15.9 Å². The number of carbonyl (C=O) groups excluding carboxylic acids is 1. The van der Waals surface area contributed by atoms with Gasteiger partial charge < -0.3 is 4.90 Å². The highest BCUT2D eigenvalue weighted by atomic mass is 32.2. The van der Waals surface area contributed by atoms with Gasteiger partial charge in [0.15, 0.2) is 11.6 Å². The Balaban J connectivity index is 1.37. The first kappa shape index (κ1) is 21.1. The fraction of sp³-hybridized carbons (Fsp3) is 0.278. The molecule has 0 atom stereocenters. The number of amides is 1. The van der Waals surface area contributed by atoms with Crippen LogP contribution in [0.5, 0.6) is 0 Å². The number of rotatable bonds is 5. The average molecular weight is 471 g/mol. The lowest BCUT2D eigenvalue weighted by atomic mass is 10.3. The molecular formula is C18H16F2N4O3S3. The summed E-state index contributed by atoms with van der Waals surface area (Å²) in [6, 6.07) is 8.32. The van der Waals surface area contributed by atoms with Crippen LogP contribution in [0.15, 0.2) is 46.2 Å². The van der Waals surface area contributed by atoms with Crippen LogP contribution < -0.4 is 0 Å². The predicted octanol–water partition coefficient (Wildman–Crippen LogP) is 2.59. The zero-order valence-corrected chi connectivity index (χ0v) is 17.9. The second-order valence-corrected chi connectivity index (χ2v) is 10.0. The van der Waals surface area contributed by atoms with Gasteiger partial charge in [-0.25, -0.2) is 17.2 Å². The molecule has 7 nitrogen and oxygen atoms in total. The molecule has 2 aromatic carbocycles. The fourth-order valence-electron chi connectivity index (χ4n) is 3.11. The summed E-state index contributed by atoms with van der Waals surface area (Å²) in [7, 11) is -3.75. The molecule has 3 aromatic rings.